The molecule has 22 heavy (non-hydrogen) atoms. The van der Waals surface area contributed by atoms with Crippen LogP contribution in [0.5, 0.6) is 0 Å². The summed E-state index contributed by atoms with van der Waals surface area (Å²) in [5.41, 5.74) is 0.500. The lowest BCUT2D eigenvalue weighted by Gasteiger charge is -2.21. The molecule has 1 aliphatic heterocycles. The van der Waals surface area contributed by atoms with E-state index >= 15 is 0 Å². The quantitative estimate of drug-likeness (QED) is 0.931. The first kappa shape index (κ1) is 15.0. The number of halogens is 1. The van der Waals surface area contributed by atoms with Gasteiger partial charge in [0.1, 0.15) is 10.8 Å². The number of pyridine rings is 1. The molecule has 3 heterocycles. The van der Waals surface area contributed by atoms with Crippen molar-refractivity contribution in [3.8, 4) is 11.4 Å². The van der Waals surface area contributed by atoms with Crippen LogP contribution in [0.4, 0.5) is 5.82 Å². The summed E-state index contributed by atoms with van der Waals surface area (Å²) in [7, 11) is 4.12. The van der Waals surface area contributed by atoms with Crippen molar-refractivity contribution in [2.24, 2.45) is 0 Å². The minimum absolute atomic E-state index is 0.150. The van der Waals surface area contributed by atoms with E-state index in [-0.39, 0.29) is 10.6 Å². The Hall–Kier alpha value is -1.92. The number of aromatic amines is 1. The predicted octanol–water partition coefficient (Wildman–Crippen LogP) is 1.63. The fraction of sp³-hybridized carbons (Fsp3) is 0.400. The maximum Gasteiger partial charge on any atom is 0.272 e. The highest BCUT2D eigenvalue weighted by atomic mass is 35.5. The summed E-state index contributed by atoms with van der Waals surface area (Å²) in [6.45, 7) is 1.66. The number of hydrogen-bond acceptors (Lipinski definition) is 5. The zero-order valence-corrected chi connectivity index (χ0v) is 13.3. The Kier molecular flexibility index (Phi) is 4.13. The largest absolute Gasteiger partial charge is 0.354 e. The second kappa shape index (κ2) is 6.06. The van der Waals surface area contributed by atoms with E-state index in [9.17, 15) is 4.79 Å². The van der Waals surface area contributed by atoms with Gasteiger partial charge in [0.05, 0.1) is 0 Å². The Balaban J connectivity index is 1.98. The number of hydrogen-bond donors (Lipinski definition) is 1. The molecule has 0 spiro atoms. The van der Waals surface area contributed by atoms with Gasteiger partial charge in [-0.2, -0.15) is 0 Å². The normalized spacial score (nSPS) is 18.2. The van der Waals surface area contributed by atoms with Crippen LogP contribution in [-0.4, -0.2) is 53.1 Å². The van der Waals surface area contributed by atoms with Crippen LogP contribution in [0.25, 0.3) is 11.4 Å². The monoisotopic (exact) mass is 319 g/mol. The van der Waals surface area contributed by atoms with Crippen molar-refractivity contribution < 1.29 is 0 Å². The molecule has 0 aliphatic carbocycles. The van der Waals surface area contributed by atoms with E-state index in [1.54, 1.807) is 12.4 Å². The third-order valence-electron chi connectivity index (χ3n) is 3.99. The first-order valence-corrected chi connectivity index (χ1v) is 7.55. The van der Waals surface area contributed by atoms with Gasteiger partial charge in [-0.05, 0) is 32.6 Å². The van der Waals surface area contributed by atoms with Crippen LogP contribution in [0.2, 0.25) is 5.02 Å². The summed E-state index contributed by atoms with van der Waals surface area (Å²) in [5.74, 6) is 1.07. The third-order valence-corrected chi connectivity index (χ3v) is 4.33. The smallest absolute Gasteiger partial charge is 0.272 e. The highest BCUT2D eigenvalue weighted by Gasteiger charge is 2.27. The van der Waals surface area contributed by atoms with E-state index < -0.39 is 0 Å². The molecule has 1 aliphatic rings. The lowest BCUT2D eigenvalue weighted by Crippen LogP contribution is -2.32. The van der Waals surface area contributed by atoms with Crippen LogP contribution >= 0.6 is 11.6 Å². The standard InChI is InChI=1S/C15H18ClN5O/c1-20(2)11-5-8-21(9-11)14-12(16)15(22)19-13(18-14)10-3-6-17-7-4-10/h3-4,6-7,11H,5,8-9H2,1-2H3,(H,18,19,22). The molecule has 1 atom stereocenters. The number of H-pyrrole nitrogens is 1. The molecule has 0 bridgehead atoms. The Morgan fingerprint density at radius 1 is 1.36 bits per heavy atom. The SMILES string of the molecule is CN(C)C1CCN(c2nc(-c3ccncc3)[nH]c(=O)c2Cl)C1. The summed E-state index contributed by atoms with van der Waals surface area (Å²) in [4.78, 5) is 27.7. The fourth-order valence-corrected chi connectivity index (χ4v) is 2.87. The van der Waals surface area contributed by atoms with Crippen molar-refractivity contribution in [1.82, 2.24) is 19.9 Å². The second-order valence-corrected chi connectivity index (χ2v) is 6.02. The summed E-state index contributed by atoms with van der Waals surface area (Å²) in [5, 5.41) is 0.150. The number of nitrogens with one attached hydrogen (secondary N) is 1. The van der Waals surface area contributed by atoms with Crippen LogP contribution in [0.1, 0.15) is 6.42 Å². The predicted molar refractivity (Wildman–Crippen MR) is 87.4 cm³/mol. The zero-order valence-electron chi connectivity index (χ0n) is 12.6. The van der Waals surface area contributed by atoms with E-state index in [2.05, 4.69) is 38.8 Å². The lowest BCUT2D eigenvalue weighted by molar-refractivity contribution is 0.315. The van der Waals surface area contributed by atoms with Crippen LogP contribution in [-0.2, 0) is 0 Å². The van der Waals surface area contributed by atoms with Crippen LogP contribution in [0, 0.1) is 0 Å². The molecule has 0 aromatic carbocycles. The van der Waals surface area contributed by atoms with Crippen molar-refractivity contribution in [3.05, 3.63) is 39.9 Å². The molecular formula is C15H18ClN5O. The van der Waals surface area contributed by atoms with Crippen molar-refractivity contribution in [2.75, 3.05) is 32.1 Å². The molecule has 1 fully saturated rings. The molecule has 116 valence electrons. The molecular weight excluding hydrogens is 302 g/mol. The molecule has 7 heteroatoms. The summed E-state index contributed by atoms with van der Waals surface area (Å²) in [6, 6.07) is 4.06. The maximum atomic E-state index is 12.1. The van der Waals surface area contributed by atoms with Crippen LogP contribution in [0.15, 0.2) is 29.3 Å². The second-order valence-electron chi connectivity index (χ2n) is 5.64. The molecule has 2 aromatic heterocycles. The molecule has 3 rings (SSSR count). The molecule has 1 unspecified atom stereocenters. The lowest BCUT2D eigenvalue weighted by atomic mass is 10.2. The van der Waals surface area contributed by atoms with Gasteiger partial charge in [-0.1, -0.05) is 11.6 Å². The Labute approximate surface area is 133 Å². The average molecular weight is 320 g/mol. The van der Waals surface area contributed by atoms with E-state index in [0.717, 1.165) is 25.1 Å². The summed E-state index contributed by atoms with van der Waals surface area (Å²) >= 11 is 6.19. The van der Waals surface area contributed by atoms with Crippen molar-refractivity contribution in [3.63, 3.8) is 0 Å². The van der Waals surface area contributed by atoms with Crippen molar-refractivity contribution in [1.29, 1.82) is 0 Å². The average Bonchev–Trinajstić information content (AvgIpc) is 3.01. The molecule has 0 amide bonds. The third kappa shape index (κ3) is 2.84. The van der Waals surface area contributed by atoms with E-state index in [1.165, 1.54) is 0 Å². The van der Waals surface area contributed by atoms with Gasteiger partial charge < -0.3 is 14.8 Å². The Morgan fingerprint density at radius 2 is 2.09 bits per heavy atom. The van der Waals surface area contributed by atoms with Gasteiger partial charge in [0.25, 0.3) is 5.56 Å². The van der Waals surface area contributed by atoms with Crippen molar-refractivity contribution >= 4 is 17.4 Å². The van der Waals surface area contributed by atoms with Gasteiger partial charge in [-0.3, -0.25) is 9.78 Å². The molecule has 1 saturated heterocycles. The van der Waals surface area contributed by atoms with Gasteiger partial charge in [-0.15, -0.1) is 0 Å². The van der Waals surface area contributed by atoms with Gasteiger partial charge in [0, 0.05) is 37.1 Å². The number of rotatable bonds is 3. The highest BCUT2D eigenvalue weighted by Crippen LogP contribution is 2.27. The number of anilines is 1. The van der Waals surface area contributed by atoms with Gasteiger partial charge >= 0.3 is 0 Å². The first-order valence-electron chi connectivity index (χ1n) is 7.18. The number of aromatic nitrogens is 3. The Bertz CT molecular complexity index is 716. The Morgan fingerprint density at radius 3 is 2.73 bits per heavy atom. The molecule has 0 saturated carbocycles. The van der Waals surface area contributed by atoms with E-state index in [0.29, 0.717) is 17.7 Å². The summed E-state index contributed by atoms with van der Waals surface area (Å²) in [6.07, 6.45) is 4.37. The first-order chi connectivity index (χ1) is 10.6. The molecule has 0 radical (unpaired) electrons. The zero-order chi connectivity index (χ0) is 15.7. The maximum absolute atomic E-state index is 12.1. The van der Waals surface area contributed by atoms with E-state index in [1.807, 2.05) is 12.1 Å². The molecule has 1 N–H and O–H groups in total. The molecule has 6 nitrogen and oxygen atoms in total. The van der Waals surface area contributed by atoms with Crippen LogP contribution < -0.4 is 10.5 Å². The van der Waals surface area contributed by atoms with Gasteiger partial charge in [0.15, 0.2) is 5.82 Å². The molecule has 2 aromatic rings. The summed E-state index contributed by atoms with van der Waals surface area (Å²) < 4.78 is 0. The fourth-order valence-electron chi connectivity index (χ4n) is 2.66. The van der Waals surface area contributed by atoms with E-state index in [4.69, 9.17) is 11.6 Å². The van der Waals surface area contributed by atoms with Crippen LogP contribution in [0.3, 0.4) is 0 Å². The highest BCUT2D eigenvalue weighted by molar-refractivity contribution is 6.32. The van der Waals surface area contributed by atoms with Gasteiger partial charge in [0.2, 0.25) is 0 Å². The van der Waals surface area contributed by atoms with Crippen molar-refractivity contribution in [2.45, 2.75) is 12.5 Å². The van der Waals surface area contributed by atoms with Gasteiger partial charge in [-0.25, -0.2) is 4.98 Å². The minimum Gasteiger partial charge on any atom is -0.354 e. The topological polar surface area (TPSA) is 65.1 Å². The minimum atomic E-state index is -0.313. The number of likely N-dealkylation sites (N-methyl/N-ethyl adjacent to an activating group) is 1. The number of nitrogens with zero attached hydrogens (tertiary/aromatic N) is 4.